The summed E-state index contributed by atoms with van der Waals surface area (Å²) in [6, 6.07) is 21.5. The molecule has 0 spiro atoms. The highest BCUT2D eigenvalue weighted by Gasteiger charge is 2.25. The van der Waals surface area contributed by atoms with Gasteiger partial charge in [-0.1, -0.05) is 48.2 Å². The molecule has 0 radical (unpaired) electrons. The first kappa shape index (κ1) is 20.4. The number of phenols is 1. The molecule has 0 amide bonds. The highest BCUT2D eigenvalue weighted by Crippen LogP contribution is 2.37. The lowest BCUT2D eigenvalue weighted by Crippen LogP contribution is -2.15. The van der Waals surface area contributed by atoms with Crippen LogP contribution < -0.4 is 4.74 Å². The molecule has 5 rings (SSSR count). The second kappa shape index (κ2) is 8.93. The topological polar surface area (TPSA) is 68.4 Å². The minimum absolute atomic E-state index is 0.0259. The molecular weight excluding hydrogens is 420 g/mol. The molecule has 5 nitrogen and oxygen atoms in total. The zero-order valence-electron chi connectivity index (χ0n) is 17.4. The maximum absolute atomic E-state index is 10.4. The number of hydrogen-bond acceptors (Lipinski definition) is 6. The van der Waals surface area contributed by atoms with Gasteiger partial charge in [0, 0.05) is 23.3 Å². The van der Waals surface area contributed by atoms with E-state index in [2.05, 4.69) is 22.8 Å². The maximum Gasteiger partial charge on any atom is 0.276 e. The first-order chi connectivity index (χ1) is 15.7. The van der Waals surface area contributed by atoms with Gasteiger partial charge in [0.2, 0.25) is 5.89 Å². The van der Waals surface area contributed by atoms with Crippen LogP contribution in [0.2, 0.25) is 0 Å². The number of phenolic OH excluding ortho intramolecular Hbond substituents is 1. The van der Waals surface area contributed by atoms with Crippen LogP contribution in [0.1, 0.15) is 11.1 Å². The van der Waals surface area contributed by atoms with Crippen LogP contribution in [-0.4, -0.2) is 27.2 Å². The molecule has 0 fully saturated rings. The number of hydrogen-bond donors (Lipinski definition) is 1. The number of thioether (sulfide) groups is 1. The van der Waals surface area contributed by atoms with Crippen molar-refractivity contribution in [1.29, 1.82) is 0 Å². The molecular formula is C26H22N2O3S. The van der Waals surface area contributed by atoms with E-state index in [4.69, 9.17) is 9.15 Å². The molecule has 4 aromatic rings. The van der Waals surface area contributed by atoms with E-state index >= 15 is 0 Å². The van der Waals surface area contributed by atoms with Crippen LogP contribution in [-0.2, 0) is 12.8 Å². The Morgan fingerprint density at radius 1 is 1.03 bits per heavy atom. The van der Waals surface area contributed by atoms with Crippen molar-refractivity contribution in [2.75, 3.05) is 5.75 Å². The molecule has 160 valence electrons. The van der Waals surface area contributed by atoms with Crippen LogP contribution in [0.5, 0.6) is 11.5 Å². The molecule has 0 unspecified atom stereocenters. The van der Waals surface area contributed by atoms with Gasteiger partial charge in [-0.15, -0.1) is 16.8 Å². The average Bonchev–Trinajstić information content (AvgIpc) is 3.46. The van der Waals surface area contributed by atoms with Gasteiger partial charge in [-0.25, -0.2) is 0 Å². The molecule has 1 aromatic heterocycles. The number of nitrogens with zero attached hydrogens (tertiary/aromatic N) is 2. The standard InChI is InChI=1S/C26H22N2O3S/c1-2-6-17-9-11-23(29)22(13-17)19-10-12-24-20(14-19)15-21(30-24)16-32-26-28-27-25(31-26)18-7-4-3-5-8-18/h2-5,7-14,21,29H,1,6,15-16H2/t21-/m0/s1. The van der Waals surface area contributed by atoms with Crippen LogP contribution in [0.15, 0.2) is 89.0 Å². The van der Waals surface area contributed by atoms with Gasteiger partial charge in [-0.3, -0.25) is 0 Å². The largest absolute Gasteiger partial charge is 0.507 e. The van der Waals surface area contributed by atoms with Gasteiger partial charge in [-0.2, -0.15) is 0 Å². The Kier molecular flexibility index (Phi) is 5.69. The molecule has 1 aliphatic heterocycles. The van der Waals surface area contributed by atoms with Gasteiger partial charge in [0.25, 0.3) is 5.22 Å². The van der Waals surface area contributed by atoms with E-state index < -0.39 is 0 Å². The van der Waals surface area contributed by atoms with Crippen molar-refractivity contribution in [2.24, 2.45) is 0 Å². The fraction of sp³-hybridized carbons (Fsp3) is 0.154. The predicted molar refractivity (Wildman–Crippen MR) is 126 cm³/mol. The average molecular weight is 443 g/mol. The fourth-order valence-electron chi connectivity index (χ4n) is 3.82. The van der Waals surface area contributed by atoms with Gasteiger partial charge in [0.1, 0.15) is 17.6 Å². The molecule has 32 heavy (non-hydrogen) atoms. The summed E-state index contributed by atoms with van der Waals surface area (Å²) in [6.07, 6.45) is 3.45. The summed E-state index contributed by atoms with van der Waals surface area (Å²) in [5.74, 6) is 2.39. The van der Waals surface area contributed by atoms with Gasteiger partial charge >= 0.3 is 0 Å². The van der Waals surface area contributed by atoms with E-state index in [1.165, 1.54) is 11.8 Å². The van der Waals surface area contributed by atoms with E-state index in [-0.39, 0.29) is 11.9 Å². The lowest BCUT2D eigenvalue weighted by Gasteiger charge is -2.09. The van der Waals surface area contributed by atoms with Crippen molar-refractivity contribution in [3.63, 3.8) is 0 Å². The molecule has 0 bridgehead atoms. The van der Waals surface area contributed by atoms with Crippen molar-refractivity contribution in [2.45, 2.75) is 24.2 Å². The molecule has 1 atom stereocenters. The Bertz CT molecular complexity index is 1250. The monoisotopic (exact) mass is 442 g/mol. The third-order valence-electron chi connectivity index (χ3n) is 5.37. The van der Waals surface area contributed by atoms with E-state index in [9.17, 15) is 5.11 Å². The number of aromatic hydroxyl groups is 1. The first-order valence-corrected chi connectivity index (χ1v) is 11.4. The van der Waals surface area contributed by atoms with Crippen LogP contribution in [0.4, 0.5) is 0 Å². The quantitative estimate of drug-likeness (QED) is 0.282. The van der Waals surface area contributed by atoms with Crippen LogP contribution in [0.25, 0.3) is 22.6 Å². The first-order valence-electron chi connectivity index (χ1n) is 10.4. The Labute approximate surface area is 190 Å². The number of ether oxygens (including phenoxy) is 1. The Morgan fingerprint density at radius 3 is 2.75 bits per heavy atom. The van der Waals surface area contributed by atoms with Crippen molar-refractivity contribution in [3.8, 4) is 34.1 Å². The number of fused-ring (bicyclic) bond motifs is 1. The van der Waals surface area contributed by atoms with Crippen molar-refractivity contribution in [1.82, 2.24) is 10.2 Å². The van der Waals surface area contributed by atoms with Gasteiger partial charge in [-0.05, 0) is 59.5 Å². The van der Waals surface area contributed by atoms with Gasteiger partial charge in [0.15, 0.2) is 0 Å². The third-order valence-corrected chi connectivity index (χ3v) is 6.32. The number of benzene rings is 3. The molecule has 2 heterocycles. The summed E-state index contributed by atoms with van der Waals surface area (Å²) >= 11 is 1.50. The second-order valence-electron chi connectivity index (χ2n) is 7.66. The second-order valence-corrected chi connectivity index (χ2v) is 8.63. The SMILES string of the molecule is C=CCc1ccc(O)c(-c2ccc3c(c2)C[C@@H](CSc2nnc(-c4ccccc4)o2)O3)c1. The Morgan fingerprint density at radius 2 is 1.91 bits per heavy atom. The highest BCUT2D eigenvalue weighted by atomic mass is 32.2. The number of aromatic nitrogens is 2. The maximum atomic E-state index is 10.4. The molecule has 0 saturated carbocycles. The summed E-state index contributed by atoms with van der Waals surface area (Å²) < 4.78 is 11.9. The highest BCUT2D eigenvalue weighted by molar-refractivity contribution is 7.99. The fourth-order valence-corrected chi connectivity index (χ4v) is 4.57. The normalized spacial score (nSPS) is 14.7. The minimum atomic E-state index is 0.0259. The smallest absolute Gasteiger partial charge is 0.276 e. The van der Waals surface area contributed by atoms with Crippen molar-refractivity contribution >= 4 is 11.8 Å². The molecule has 0 saturated heterocycles. The van der Waals surface area contributed by atoms with Crippen molar-refractivity contribution < 1.29 is 14.3 Å². The van der Waals surface area contributed by atoms with Crippen molar-refractivity contribution in [3.05, 3.63) is 90.5 Å². The third kappa shape index (κ3) is 4.27. The summed E-state index contributed by atoms with van der Waals surface area (Å²) in [7, 11) is 0. The summed E-state index contributed by atoms with van der Waals surface area (Å²) in [5.41, 5.74) is 4.97. The lowest BCUT2D eigenvalue weighted by atomic mass is 9.98. The van der Waals surface area contributed by atoms with E-state index in [1.807, 2.05) is 60.7 Å². The van der Waals surface area contributed by atoms with Gasteiger partial charge < -0.3 is 14.3 Å². The summed E-state index contributed by atoms with van der Waals surface area (Å²) in [5, 5.41) is 19.2. The van der Waals surface area contributed by atoms with Crippen LogP contribution >= 0.6 is 11.8 Å². The van der Waals surface area contributed by atoms with E-state index in [0.717, 1.165) is 46.4 Å². The van der Waals surface area contributed by atoms with Crippen LogP contribution in [0.3, 0.4) is 0 Å². The Hall–Kier alpha value is -3.51. The molecule has 1 N–H and O–H groups in total. The number of allylic oxidation sites excluding steroid dienone is 1. The Balaban J connectivity index is 1.26. The van der Waals surface area contributed by atoms with Gasteiger partial charge in [0.05, 0.1) is 0 Å². The predicted octanol–water partition coefficient (Wildman–Crippen LogP) is 5.93. The van der Waals surface area contributed by atoms with Crippen LogP contribution in [0, 0.1) is 0 Å². The minimum Gasteiger partial charge on any atom is -0.507 e. The zero-order chi connectivity index (χ0) is 21.9. The number of rotatable bonds is 7. The molecule has 6 heteroatoms. The molecule has 3 aromatic carbocycles. The van der Waals surface area contributed by atoms with E-state index in [1.54, 1.807) is 6.07 Å². The van der Waals surface area contributed by atoms with E-state index in [0.29, 0.717) is 16.9 Å². The zero-order valence-corrected chi connectivity index (χ0v) is 18.2. The summed E-state index contributed by atoms with van der Waals surface area (Å²) in [4.78, 5) is 0. The lowest BCUT2D eigenvalue weighted by molar-refractivity contribution is 0.259. The molecule has 1 aliphatic rings. The summed E-state index contributed by atoms with van der Waals surface area (Å²) in [6.45, 7) is 3.80. The molecule has 0 aliphatic carbocycles.